The minimum absolute atomic E-state index is 0.351. The molecule has 1 saturated heterocycles. The van der Waals surface area contributed by atoms with Crippen molar-refractivity contribution in [3.63, 3.8) is 0 Å². The molecule has 2 rings (SSSR count). The van der Waals surface area contributed by atoms with Crippen molar-refractivity contribution < 1.29 is 18.3 Å². The average molecular weight is 261 g/mol. The number of hydrogen-bond acceptors (Lipinski definition) is 3. The predicted octanol–water partition coefficient (Wildman–Crippen LogP) is 1.20. The molecule has 0 aromatic carbocycles. The lowest BCUT2D eigenvalue weighted by Gasteiger charge is -2.29. The van der Waals surface area contributed by atoms with E-state index in [4.69, 9.17) is 5.11 Å². The Labute approximate surface area is 102 Å². The zero-order valence-electron chi connectivity index (χ0n) is 9.84. The molecule has 0 spiro atoms. The number of rotatable bonds is 3. The topological polar surface area (TPSA) is 74.7 Å². The summed E-state index contributed by atoms with van der Waals surface area (Å²) in [6.45, 7) is 0.371. The van der Waals surface area contributed by atoms with Crippen LogP contribution in [0.2, 0.25) is 0 Å². The highest BCUT2D eigenvalue weighted by atomic mass is 32.2. The van der Waals surface area contributed by atoms with E-state index in [1.165, 1.54) is 4.31 Å². The van der Waals surface area contributed by atoms with E-state index < -0.39 is 22.0 Å². The maximum absolute atomic E-state index is 12.4. The summed E-state index contributed by atoms with van der Waals surface area (Å²) >= 11 is 0. The summed E-state index contributed by atoms with van der Waals surface area (Å²) in [7, 11) is -3.40. The van der Waals surface area contributed by atoms with Gasteiger partial charge in [0.1, 0.15) is 6.04 Å². The van der Waals surface area contributed by atoms with E-state index in [-0.39, 0.29) is 5.25 Å². The lowest BCUT2D eigenvalue weighted by molar-refractivity contribution is -0.140. The van der Waals surface area contributed by atoms with Gasteiger partial charge in [-0.05, 0) is 25.7 Å². The van der Waals surface area contributed by atoms with Gasteiger partial charge in [0.05, 0.1) is 5.25 Å². The quantitative estimate of drug-likeness (QED) is 0.828. The number of nitrogens with zero attached hydrogens (tertiary/aromatic N) is 1. The van der Waals surface area contributed by atoms with Gasteiger partial charge in [-0.15, -0.1) is 0 Å². The molecule has 6 heteroatoms. The van der Waals surface area contributed by atoms with E-state index in [2.05, 4.69) is 0 Å². The van der Waals surface area contributed by atoms with Crippen molar-refractivity contribution in [1.82, 2.24) is 4.31 Å². The number of aliphatic carboxylic acids is 1. The fourth-order valence-electron chi connectivity index (χ4n) is 2.85. The van der Waals surface area contributed by atoms with Crippen molar-refractivity contribution >= 4 is 16.0 Å². The molecule has 1 N–H and O–H groups in total. The van der Waals surface area contributed by atoms with E-state index in [0.717, 1.165) is 19.3 Å². The number of carboxylic acids is 1. The van der Waals surface area contributed by atoms with Crippen LogP contribution in [0.25, 0.3) is 0 Å². The molecule has 0 unspecified atom stereocenters. The Balaban J connectivity index is 2.16. The van der Waals surface area contributed by atoms with Gasteiger partial charge in [-0.2, -0.15) is 4.31 Å². The molecule has 0 radical (unpaired) electrons. The standard InChI is InChI=1S/C11H19NO4S/c13-11(14)10-7-4-8-12(10)17(15,16)9-5-2-1-3-6-9/h9-10H,1-8H2,(H,13,14)/t10-/m0/s1. The molecule has 5 nitrogen and oxygen atoms in total. The second-order valence-electron chi connectivity index (χ2n) is 4.91. The molecule has 2 fully saturated rings. The molecule has 17 heavy (non-hydrogen) atoms. The van der Waals surface area contributed by atoms with Gasteiger partial charge >= 0.3 is 5.97 Å². The Kier molecular flexibility index (Phi) is 3.73. The molecule has 98 valence electrons. The third-order valence-corrected chi connectivity index (χ3v) is 6.19. The lowest BCUT2D eigenvalue weighted by Crippen LogP contribution is -2.45. The molecule has 1 aliphatic heterocycles. The van der Waals surface area contributed by atoms with Gasteiger partial charge in [-0.25, -0.2) is 8.42 Å². The van der Waals surface area contributed by atoms with E-state index in [0.29, 0.717) is 32.2 Å². The van der Waals surface area contributed by atoms with E-state index in [1.54, 1.807) is 0 Å². The van der Waals surface area contributed by atoms with Crippen LogP contribution in [0, 0.1) is 0 Å². The Morgan fingerprint density at radius 2 is 1.71 bits per heavy atom. The van der Waals surface area contributed by atoms with Crippen LogP contribution in [-0.4, -0.2) is 41.6 Å². The Morgan fingerprint density at radius 1 is 1.06 bits per heavy atom. The molecular weight excluding hydrogens is 242 g/mol. The summed E-state index contributed by atoms with van der Waals surface area (Å²) < 4.78 is 26.0. The van der Waals surface area contributed by atoms with E-state index in [1.807, 2.05) is 0 Å². The highest BCUT2D eigenvalue weighted by molar-refractivity contribution is 7.89. The maximum Gasteiger partial charge on any atom is 0.322 e. The third kappa shape index (κ3) is 2.47. The summed E-state index contributed by atoms with van der Waals surface area (Å²) in [5.74, 6) is -1.01. The average Bonchev–Trinajstić information content (AvgIpc) is 2.80. The summed E-state index contributed by atoms with van der Waals surface area (Å²) in [6.07, 6.45) is 5.44. The molecule has 0 bridgehead atoms. The highest BCUT2D eigenvalue weighted by Gasteiger charge is 2.42. The summed E-state index contributed by atoms with van der Waals surface area (Å²) in [5.41, 5.74) is 0. The zero-order valence-corrected chi connectivity index (χ0v) is 10.7. The molecule has 1 atom stereocenters. The van der Waals surface area contributed by atoms with Crippen LogP contribution in [0.5, 0.6) is 0 Å². The second-order valence-corrected chi connectivity index (χ2v) is 7.08. The Bertz CT molecular complexity index is 386. The van der Waals surface area contributed by atoms with Gasteiger partial charge < -0.3 is 5.11 Å². The van der Waals surface area contributed by atoms with Crippen LogP contribution in [0.3, 0.4) is 0 Å². The Morgan fingerprint density at radius 3 is 2.29 bits per heavy atom. The van der Waals surface area contributed by atoms with Crippen LogP contribution >= 0.6 is 0 Å². The smallest absolute Gasteiger partial charge is 0.322 e. The van der Waals surface area contributed by atoms with Gasteiger partial charge in [0.2, 0.25) is 10.0 Å². The summed E-state index contributed by atoms with van der Waals surface area (Å²) in [5, 5.41) is 8.69. The Hall–Kier alpha value is -0.620. The summed E-state index contributed by atoms with van der Waals surface area (Å²) in [6, 6.07) is -0.832. The molecule has 0 aromatic heterocycles. The van der Waals surface area contributed by atoms with Crippen LogP contribution in [0.1, 0.15) is 44.9 Å². The fraction of sp³-hybridized carbons (Fsp3) is 0.909. The first-order chi connectivity index (χ1) is 8.03. The number of carboxylic acid groups (broad SMARTS) is 1. The van der Waals surface area contributed by atoms with Crippen molar-refractivity contribution in [3.05, 3.63) is 0 Å². The van der Waals surface area contributed by atoms with E-state index >= 15 is 0 Å². The van der Waals surface area contributed by atoms with Gasteiger partial charge in [0.15, 0.2) is 0 Å². The minimum Gasteiger partial charge on any atom is -0.480 e. The fourth-order valence-corrected chi connectivity index (χ4v) is 5.09. The first kappa shape index (κ1) is 12.8. The normalized spacial score (nSPS) is 28.4. The molecule has 2 aliphatic rings. The number of carbonyl (C=O) groups is 1. The van der Waals surface area contributed by atoms with Crippen molar-refractivity contribution in [2.24, 2.45) is 0 Å². The number of sulfonamides is 1. The largest absolute Gasteiger partial charge is 0.480 e. The van der Waals surface area contributed by atoms with Crippen molar-refractivity contribution in [3.8, 4) is 0 Å². The zero-order chi connectivity index (χ0) is 12.5. The molecule has 0 aromatic rings. The van der Waals surface area contributed by atoms with Crippen molar-refractivity contribution in [2.45, 2.75) is 56.2 Å². The van der Waals surface area contributed by atoms with Crippen LogP contribution in [0.4, 0.5) is 0 Å². The molecule has 0 amide bonds. The highest BCUT2D eigenvalue weighted by Crippen LogP contribution is 2.30. The van der Waals surface area contributed by atoms with Crippen molar-refractivity contribution in [2.75, 3.05) is 6.54 Å². The molecule has 1 saturated carbocycles. The maximum atomic E-state index is 12.4. The monoisotopic (exact) mass is 261 g/mol. The lowest BCUT2D eigenvalue weighted by atomic mass is 10.0. The predicted molar refractivity (Wildman–Crippen MR) is 63.2 cm³/mol. The minimum atomic E-state index is -3.40. The number of hydrogen-bond donors (Lipinski definition) is 1. The van der Waals surface area contributed by atoms with Gasteiger partial charge in [0, 0.05) is 6.54 Å². The molecule has 1 aliphatic carbocycles. The van der Waals surface area contributed by atoms with Crippen LogP contribution in [-0.2, 0) is 14.8 Å². The molecular formula is C11H19NO4S. The van der Waals surface area contributed by atoms with Crippen molar-refractivity contribution in [1.29, 1.82) is 0 Å². The molecule has 1 heterocycles. The van der Waals surface area contributed by atoms with Gasteiger partial charge in [0.25, 0.3) is 0 Å². The van der Waals surface area contributed by atoms with Gasteiger partial charge in [-0.3, -0.25) is 4.79 Å². The van der Waals surface area contributed by atoms with Crippen LogP contribution < -0.4 is 0 Å². The van der Waals surface area contributed by atoms with Gasteiger partial charge in [-0.1, -0.05) is 19.3 Å². The second kappa shape index (κ2) is 4.94. The first-order valence-corrected chi connectivity index (χ1v) is 7.77. The first-order valence-electron chi connectivity index (χ1n) is 6.27. The van der Waals surface area contributed by atoms with E-state index in [9.17, 15) is 13.2 Å². The SMILES string of the molecule is O=C(O)[C@@H]1CCCN1S(=O)(=O)C1CCCCC1. The third-order valence-electron chi connectivity index (χ3n) is 3.79. The summed E-state index contributed by atoms with van der Waals surface area (Å²) in [4.78, 5) is 11.0. The van der Waals surface area contributed by atoms with Crippen LogP contribution in [0.15, 0.2) is 0 Å².